The predicted octanol–water partition coefficient (Wildman–Crippen LogP) is 1.99. The van der Waals surface area contributed by atoms with Gasteiger partial charge in [0.05, 0.1) is 11.4 Å². The molecule has 20 heavy (non-hydrogen) atoms. The second-order valence-corrected chi connectivity index (χ2v) is 6.25. The summed E-state index contributed by atoms with van der Waals surface area (Å²) in [4.78, 5) is 10.5. The van der Waals surface area contributed by atoms with Crippen LogP contribution in [0, 0.1) is 11.6 Å². The second kappa shape index (κ2) is 6.65. The Hall–Kier alpha value is -1.70. The highest BCUT2D eigenvalue weighted by molar-refractivity contribution is 7.92. The van der Waals surface area contributed by atoms with Crippen LogP contribution in [0.15, 0.2) is 18.2 Å². The molecule has 0 bridgehead atoms. The Morgan fingerprint density at radius 3 is 2.50 bits per heavy atom. The van der Waals surface area contributed by atoms with E-state index in [1.165, 1.54) is 6.92 Å². The third-order valence-electron chi connectivity index (χ3n) is 2.63. The number of nitrogens with zero attached hydrogens (tertiary/aromatic N) is 1. The third kappa shape index (κ3) is 4.16. The van der Waals surface area contributed by atoms with Crippen molar-refractivity contribution in [3.05, 3.63) is 29.8 Å². The summed E-state index contributed by atoms with van der Waals surface area (Å²) in [6.45, 7) is 1.21. The Labute approximate surface area is 115 Å². The van der Waals surface area contributed by atoms with E-state index in [4.69, 9.17) is 5.11 Å². The molecule has 0 aliphatic heterocycles. The van der Waals surface area contributed by atoms with Crippen LogP contribution < -0.4 is 4.31 Å². The highest BCUT2D eigenvalue weighted by Crippen LogP contribution is 2.23. The number of anilines is 1. The van der Waals surface area contributed by atoms with Gasteiger partial charge < -0.3 is 5.11 Å². The van der Waals surface area contributed by atoms with Gasteiger partial charge in [0.15, 0.2) is 0 Å². The lowest BCUT2D eigenvalue weighted by Crippen LogP contribution is -2.34. The molecule has 0 saturated heterocycles. The molecule has 1 N–H and O–H groups in total. The molecule has 0 aliphatic rings. The van der Waals surface area contributed by atoms with E-state index in [1.54, 1.807) is 0 Å². The van der Waals surface area contributed by atoms with E-state index in [-0.39, 0.29) is 30.8 Å². The van der Waals surface area contributed by atoms with Gasteiger partial charge in [-0.2, -0.15) is 0 Å². The SMILES string of the molecule is CCS(=O)(=O)N(CCCC(=O)O)c1ccc(F)cc1F. The molecule has 0 unspecified atom stereocenters. The van der Waals surface area contributed by atoms with Crippen molar-refractivity contribution in [2.75, 3.05) is 16.6 Å². The molecule has 0 atom stereocenters. The summed E-state index contributed by atoms with van der Waals surface area (Å²) in [5.41, 5.74) is -0.279. The van der Waals surface area contributed by atoms with E-state index in [9.17, 15) is 22.0 Å². The molecule has 1 aromatic rings. The summed E-state index contributed by atoms with van der Waals surface area (Å²) < 4.78 is 51.2. The molecule has 112 valence electrons. The van der Waals surface area contributed by atoms with E-state index < -0.39 is 27.6 Å². The number of halogens is 2. The van der Waals surface area contributed by atoms with Crippen molar-refractivity contribution < 1.29 is 27.1 Å². The van der Waals surface area contributed by atoms with Crippen LogP contribution in [-0.2, 0) is 14.8 Å². The van der Waals surface area contributed by atoms with E-state index in [1.807, 2.05) is 0 Å². The average Bonchev–Trinajstić information content (AvgIpc) is 2.35. The maximum atomic E-state index is 13.7. The van der Waals surface area contributed by atoms with Gasteiger partial charge >= 0.3 is 5.97 Å². The van der Waals surface area contributed by atoms with Gasteiger partial charge in [0.2, 0.25) is 10.0 Å². The Morgan fingerprint density at radius 1 is 1.35 bits per heavy atom. The van der Waals surface area contributed by atoms with Crippen molar-refractivity contribution >= 4 is 21.7 Å². The summed E-state index contributed by atoms with van der Waals surface area (Å²) >= 11 is 0. The summed E-state index contributed by atoms with van der Waals surface area (Å²) in [5, 5.41) is 8.56. The quantitative estimate of drug-likeness (QED) is 0.836. The minimum absolute atomic E-state index is 0.0331. The van der Waals surface area contributed by atoms with Crippen LogP contribution in [0.4, 0.5) is 14.5 Å². The normalized spacial score (nSPS) is 11.3. The van der Waals surface area contributed by atoms with E-state index in [2.05, 4.69) is 0 Å². The standard InChI is InChI=1S/C12H15F2NO4S/c1-2-20(18,19)15(7-3-4-12(16)17)11-6-5-9(13)8-10(11)14/h5-6,8H,2-4,7H2,1H3,(H,16,17). The van der Waals surface area contributed by atoms with Crippen LogP contribution >= 0.6 is 0 Å². The lowest BCUT2D eigenvalue weighted by Gasteiger charge is -2.24. The summed E-state index contributed by atoms with van der Waals surface area (Å²) in [6.07, 6.45) is -0.204. The zero-order valence-electron chi connectivity index (χ0n) is 10.8. The first-order valence-corrected chi connectivity index (χ1v) is 7.56. The van der Waals surface area contributed by atoms with Gasteiger partial charge in [0.25, 0.3) is 0 Å². The third-order valence-corrected chi connectivity index (χ3v) is 4.41. The molecule has 0 amide bonds. The van der Waals surface area contributed by atoms with Crippen LogP contribution in [-0.4, -0.2) is 31.8 Å². The van der Waals surface area contributed by atoms with Crippen LogP contribution in [0.3, 0.4) is 0 Å². The van der Waals surface area contributed by atoms with E-state index in [0.717, 1.165) is 16.4 Å². The van der Waals surface area contributed by atoms with Crippen molar-refractivity contribution in [1.82, 2.24) is 0 Å². The smallest absolute Gasteiger partial charge is 0.303 e. The number of aliphatic carboxylic acids is 1. The molecular formula is C12H15F2NO4S. The van der Waals surface area contributed by atoms with Crippen LogP contribution in [0.25, 0.3) is 0 Å². The van der Waals surface area contributed by atoms with Crippen molar-refractivity contribution in [2.24, 2.45) is 0 Å². The monoisotopic (exact) mass is 307 g/mol. The number of benzene rings is 1. The maximum absolute atomic E-state index is 13.7. The molecule has 0 fully saturated rings. The Kier molecular flexibility index (Phi) is 5.43. The number of carboxylic acids is 1. The highest BCUT2D eigenvalue weighted by atomic mass is 32.2. The molecule has 5 nitrogen and oxygen atoms in total. The fourth-order valence-corrected chi connectivity index (χ4v) is 2.79. The molecule has 0 aliphatic carbocycles. The molecule has 1 rings (SSSR count). The van der Waals surface area contributed by atoms with Gasteiger partial charge in [-0.15, -0.1) is 0 Å². The number of carboxylic acid groups (broad SMARTS) is 1. The largest absolute Gasteiger partial charge is 0.481 e. The van der Waals surface area contributed by atoms with Gasteiger partial charge in [0.1, 0.15) is 11.6 Å². The van der Waals surface area contributed by atoms with Crippen LogP contribution in [0.5, 0.6) is 0 Å². The minimum atomic E-state index is -3.77. The first-order valence-electron chi connectivity index (χ1n) is 5.95. The topological polar surface area (TPSA) is 74.7 Å². The molecule has 0 saturated carbocycles. The van der Waals surface area contributed by atoms with Crippen molar-refractivity contribution in [1.29, 1.82) is 0 Å². The van der Waals surface area contributed by atoms with Crippen molar-refractivity contribution in [3.63, 3.8) is 0 Å². The van der Waals surface area contributed by atoms with Gasteiger partial charge in [-0.05, 0) is 25.5 Å². The highest BCUT2D eigenvalue weighted by Gasteiger charge is 2.23. The molecule has 1 aromatic carbocycles. The Morgan fingerprint density at radius 2 is 2.00 bits per heavy atom. The van der Waals surface area contributed by atoms with Crippen molar-refractivity contribution in [3.8, 4) is 0 Å². The lowest BCUT2D eigenvalue weighted by atomic mass is 10.2. The van der Waals surface area contributed by atoms with Gasteiger partial charge in [-0.1, -0.05) is 0 Å². The molecule has 0 heterocycles. The number of hydrogen-bond acceptors (Lipinski definition) is 3. The van der Waals surface area contributed by atoms with Gasteiger partial charge in [-0.3, -0.25) is 9.10 Å². The van der Waals surface area contributed by atoms with Gasteiger partial charge in [-0.25, -0.2) is 17.2 Å². The molecular weight excluding hydrogens is 292 g/mol. The maximum Gasteiger partial charge on any atom is 0.303 e. The zero-order chi connectivity index (χ0) is 15.3. The molecule has 0 radical (unpaired) electrons. The predicted molar refractivity (Wildman–Crippen MR) is 70.0 cm³/mol. The first kappa shape index (κ1) is 16.4. The second-order valence-electron chi connectivity index (χ2n) is 4.07. The number of rotatable bonds is 7. The minimum Gasteiger partial charge on any atom is -0.481 e. The van der Waals surface area contributed by atoms with E-state index in [0.29, 0.717) is 6.07 Å². The Bertz CT molecular complexity index is 589. The van der Waals surface area contributed by atoms with Crippen LogP contribution in [0.1, 0.15) is 19.8 Å². The summed E-state index contributed by atoms with van der Waals surface area (Å²) in [5.74, 6) is -3.15. The summed E-state index contributed by atoms with van der Waals surface area (Å²) in [7, 11) is -3.77. The average molecular weight is 307 g/mol. The zero-order valence-corrected chi connectivity index (χ0v) is 11.7. The molecule has 0 aromatic heterocycles. The molecule has 0 spiro atoms. The molecule has 8 heteroatoms. The van der Waals surface area contributed by atoms with E-state index >= 15 is 0 Å². The lowest BCUT2D eigenvalue weighted by molar-refractivity contribution is -0.137. The number of sulfonamides is 1. The first-order chi connectivity index (χ1) is 9.27. The van der Waals surface area contributed by atoms with Crippen LogP contribution in [0.2, 0.25) is 0 Å². The fraction of sp³-hybridized carbons (Fsp3) is 0.417. The number of hydrogen-bond donors (Lipinski definition) is 1. The van der Waals surface area contributed by atoms with Gasteiger partial charge in [0, 0.05) is 19.0 Å². The number of carbonyl (C=O) groups is 1. The van der Waals surface area contributed by atoms with Crippen molar-refractivity contribution in [2.45, 2.75) is 19.8 Å². The summed E-state index contributed by atoms with van der Waals surface area (Å²) in [6, 6.07) is 2.57. The fourth-order valence-electron chi connectivity index (χ4n) is 1.62. The Balaban J connectivity index is 3.07.